The summed E-state index contributed by atoms with van der Waals surface area (Å²) in [6.07, 6.45) is 3.08. The minimum atomic E-state index is -1.02. The minimum absolute atomic E-state index is 0.0588. The summed E-state index contributed by atoms with van der Waals surface area (Å²) >= 11 is 0. The van der Waals surface area contributed by atoms with Crippen molar-refractivity contribution in [3.63, 3.8) is 0 Å². The lowest BCUT2D eigenvalue weighted by atomic mass is 10.0. The summed E-state index contributed by atoms with van der Waals surface area (Å²) in [5.74, 6) is -5.11. The van der Waals surface area contributed by atoms with Crippen molar-refractivity contribution in [2.45, 2.75) is 187 Å². The zero-order valence-electron chi connectivity index (χ0n) is 62.1. The van der Waals surface area contributed by atoms with Crippen LogP contribution < -0.4 is 42.5 Å². The Morgan fingerprint density at radius 1 is 0.519 bits per heavy atom. The Kier molecular flexibility index (Phi) is 29.9. The van der Waals surface area contributed by atoms with Crippen LogP contribution in [-0.2, 0) is 83.6 Å². The van der Waals surface area contributed by atoms with E-state index >= 15 is 0 Å². The molecule has 0 spiro atoms. The number of methoxy groups -OCH3 is 2. The second-order valence-corrected chi connectivity index (χ2v) is 27.1. The summed E-state index contributed by atoms with van der Waals surface area (Å²) in [6, 6.07) is 19.4. The number of amides is 10. The molecule has 4 heterocycles. The Bertz CT molecular complexity index is 4050. The predicted molar refractivity (Wildman–Crippen MR) is 397 cm³/mol. The van der Waals surface area contributed by atoms with E-state index in [0.717, 1.165) is 22.1 Å². The molecule has 10 amide bonds. The van der Waals surface area contributed by atoms with Gasteiger partial charge in [-0.25, -0.2) is 9.97 Å². The topological polar surface area (TPSA) is 390 Å². The van der Waals surface area contributed by atoms with Gasteiger partial charge in [0.2, 0.25) is 47.3 Å². The van der Waals surface area contributed by atoms with Crippen molar-refractivity contribution >= 4 is 104 Å². The molecule has 0 bridgehead atoms. The lowest BCUT2D eigenvalue weighted by Crippen LogP contribution is -2.54. The van der Waals surface area contributed by atoms with Gasteiger partial charge in [-0.2, -0.15) is 0 Å². The molecule has 2 aromatic heterocycles. The van der Waals surface area contributed by atoms with Crippen LogP contribution in [0.4, 0.5) is 11.4 Å². The normalized spacial score (nSPS) is 15.5. The van der Waals surface area contributed by atoms with Crippen molar-refractivity contribution in [1.82, 2.24) is 71.4 Å². The zero-order chi connectivity index (χ0) is 76.6. The summed E-state index contributed by atoms with van der Waals surface area (Å²) in [5.41, 5.74) is 6.43. The largest absolute Gasteiger partial charge is 0.469 e. The van der Waals surface area contributed by atoms with Gasteiger partial charge in [0.1, 0.15) is 47.9 Å². The second-order valence-electron chi connectivity index (χ2n) is 27.1. The molecule has 1 unspecified atom stereocenters. The standard InChI is InChI=1S/C76H102N16O14/c1-10-20-57(69(97)77-34-18-36-91-42-49-38-47(29-31-51(49)79-61(75(91)103)40-66(94)105-8)73(101)89(6)44-63-81-53-24-14-15-25-54(53)82-63)87-71(99)59(22-12-3)85-65(93)33-28-46(5)68(96)86-60(23-13-4)72(100)88-58(21-11-2)70(98)78-35-19-37-92-43-50-39-48(30-32-52(50)80-62(76(92)104)41-67(95)106-9)74(102)90(7)45-64-83-55-26-16-17-27-56(55)84-64/h14-17,24-27,29-32,38-39,46,57-62,79-80H,10-13,18-23,28,33-37,40-45H2,1-9H3,(H,77,97)(H,78,98)(H,81,82)(H,83,84)(H,85,93)(H,86,96)(H,87,99)(H,88,100)/t46?,57-,58-,59-,60-,61+,62-/m0/s1. The van der Waals surface area contributed by atoms with Crippen molar-refractivity contribution in [1.29, 1.82) is 0 Å². The third kappa shape index (κ3) is 22.3. The van der Waals surface area contributed by atoms with Gasteiger partial charge in [-0.05, 0) is 117 Å². The SMILES string of the molecule is CCC[C@H](NC(=O)CCC(C)C(=O)N[C@@H](CCC)C(=O)N[C@@H](CCC)C(=O)NCCCN1Cc2cc(C(=O)N(C)Cc3nc4ccccc4[nH]3)ccc2N[C@@H](CC(=O)OC)C1=O)C(=O)N[C@@H](CCC)C(=O)NCCCN1Cc2cc(C(=O)N(C)Cc3nc4ccccc4[nH]3)ccc2N[C@H](CC(=O)OC)C1=O. The Labute approximate surface area is 617 Å². The van der Waals surface area contributed by atoms with Crippen LogP contribution in [0.2, 0.25) is 0 Å². The van der Waals surface area contributed by atoms with Gasteiger partial charge >= 0.3 is 11.9 Å². The highest BCUT2D eigenvalue weighted by Crippen LogP contribution is 2.29. The first kappa shape index (κ1) is 80.7. The van der Waals surface area contributed by atoms with Gasteiger partial charge in [0.15, 0.2) is 0 Å². The molecular weight excluding hydrogens is 1360 g/mol. The molecule has 2 aliphatic heterocycles. The molecule has 4 aromatic carbocycles. The molecule has 10 N–H and O–H groups in total. The maximum atomic E-state index is 14.1. The number of carbonyl (C=O) groups excluding carboxylic acids is 12. The highest BCUT2D eigenvalue weighted by atomic mass is 16.5. The number of para-hydroxylation sites is 4. The summed E-state index contributed by atoms with van der Waals surface area (Å²) < 4.78 is 9.83. The predicted octanol–water partition coefficient (Wildman–Crippen LogP) is 5.62. The first-order valence-corrected chi connectivity index (χ1v) is 36.6. The number of fused-ring (bicyclic) bond motifs is 4. The maximum absolute atomic E-state index is 14.1. The van der Waals surface area contributed by atoms with E-state index in [4.69, 9.17) is 9.47 Å². The molecule has 570 valence electrons. The molecule has 0 radical (unpaired) electrons. The molecule has 8 rings (SSSR count). The van der Waals surface area contributed by atoms with Gasteiger partial charge in [-0.3, -0.25) is 57.5 Å². The van der Waals surface area contributed by atoms with Crippen LogP contribution in [0, 0.1) is 5.92 Å². The van der Waals surface area contributed by atoms with Gasteiger partial charge in [-0.15, -0.1) is 0 Å². The van der Waals surface area contributed by atoms with Crippen LogP contribution in [0.1, 0.15) is 168 Å². The third-order valence-electron chi connectivity index (χ3n) is 18.8. The number of H-pyrrole nitrogens is 2. The van der Waals surface area contributed by atoms with Crippen LogP contribution >= 0.6 is 0 Å². The van der Waals surface area contributed by atoms with Gasteiger partial charge < -0.3 is 81.6 Å². The highest BCUT2D eigenvalue weighted by molar-refractivity contribution is 5.98. The number of nitrogens with one attached hydrogen (secondary N) is 10. The fourth-order valence-electron chi connectivity index (χ4n) is 12.9. The Morgan fingerprint density at radius 3 is 1.30 bits per heavy atom. The average molecular weight is 1460 g/mol. The molecule has 30 heteroatoms. The van der Waals surface area contributed by atoms with E-state index < -0.39 is 89.6 Å². The van der Waals surface area contributed by atoms with Gasteiger partial charge in [0.05, 0.1) is 62.2 Å². The summed E-state index contributed by atoms with van der Waals surface area (Å²) in [7, 11) is 5.82. The van der Waals surface area contributed by atoms with Crippen LogP contribution in [0.5, 0.6) is 0 Å². The lowest BCUT2D eigenvalue weighted by molar-refractivity contribution is -0.144. The molecule has 0 fully saturated rings. The van der Waals surface area contributed by atoms with Crippen molar-refractivity contribution in [3.8, 4) is 0 Å². The van der Waals surface area contributed by atoms with E-state index in [1.54, 1.807) is 77.0 Å². The summed E-state index contributed by atoms with van der Waals surface area (Å²) in [5, 5.41) is 23.4. The van der Waals surface area contributed by atoms with E-state index in [9.17, 15) is 57.5 Å². The number of imidazole rings is 2. The molecule has 7 atom stereocenters. The number of nitrogens with zero attached hydrogens (tertiary/aromatic N) is 6. The van der Waals surface area contributed by atoms with Crippen LogP contribution in [-0.4, -0.2) is 201 Å². The highest BCUT2D eigenvalue weighted by Gasteiger charge is 2.36. The number of hydrogen-bond acceptors (Lipinski definition) is 18. The molecule has 0 saturated heterocycles. The number of benzene rings is 4. The van der Waals surface area contributed by atoms with Crippen molar-refractivity contribution in [2.24, 2.45) is 5.92 Å². The van der Waals surface area contributed by atoms with Crippen molar-refractivity contribution in [2.75, 3.05) is 65.1 Å². The van der Waals surface area contributed by atoms with E-state index in [1.807, 2.05) is 76.2 Å². The van der Waals surface area contributed by atoms with Crippen LogP contribution in [0.3, 0.4) is 0 Å². The number of rotatable bonds is 38. The van der Waals surface area contributed by atoms with Crippen molar-refractivity contribution < 1.29 is 67.0 Å². The fourth-order valence-corrected chi connectivity index (χ4v) is 12.9. The number of esters is 2. The third-order valence-corrected chi connectivity index (χ3v) is 18.8. The van der Waals surface area contributed by atoms with Gasteiger partial charge in [0.25, 0.3) is 11.8 Å². The Balaban J connectivity index is 0.785. The molecule has 0 saturated carbocycles. The quantitative estimate of drug-likeness (QED) is 0.0166. The number of aromatic amines is 2. The number of ether oxygens (including phenoxy) is 2. The number of hydrogen-bond donors (Lipinski definition) is 10. The first-order valence-electron chi connectivity index (χ1n) is 36.6. The van der Waals surface area contributed by atoms with E-state index in [-0.39, 0.29) is 140 Å². The van der Waals surface area contributed by atoms with E-state index in [1.165, 1.54) is 14.2 Å². The Hall–Kier alpha value is -10.9. The zero-order valence-corrected chi connectivity index (χ0v) is 62.1. The van der Waals surface area contributed by atoms with Crippen LogP contribution in [0.25, 0.3) is 22.1 Å². The maximum Gasteiger partial charge on any atom is 0.308 e. The number of carbonyl (C=O) groups is 12. The molecular formula is C76H102N16O14. The molecule has 106 heavy (non-hydrogen) atoms. The summed E-state index contributed by atoms with van der Waals surface area (Å²) in [6.45, 7) is 10.2. The molecule has 30 nitrogen and oxygen atoms in total. The van der Waals surface area contributed by atoms with Gasteiger partial charge in [-0.1, -0.05) is 84.6 Å². The second kappa shape index (κ2) is 39.3. The average Bonchev–Trinajstić information content (AvgIpc) is 1.64. The monoisotopic (exact) mass is 1460 g/mol. The molecule has 6 aromatic rings. The van der Waals surface area contributed by atoms with Gasteiger partial charge in [0, 0.05) is 88.2 Å². The smallest absolute Gasteiger partial charge is 0.308 e. The molecule has 2 aliphatic rings. The van der Waals surface area contributed by atoms with Crippen molar-refractivity contribution in [3.05, 3.63) is 119 Å². The number of aromatic nitrogens is 4. The minimum Gasteiger partial charge on any atom is -0.469 e. The van der Waals surface area contributed by atoms with E-state index in [2.05, 4.69) is 62.5 Å². The molecule has 0 aliphatic carbocycles. The Morgan fingerprint density at radius 2 is 0.906 bits per heavy atom. The number of anilines is 2. The van der Waals surface area contributed by atoms with E-state index in [0.29, 0.717) is 71.0 Å². The summed E-state index contributed by atoms with van der Waals surface area (Å²) in [4.78, 5) is 185. The fraction of sp³-hybridized carbons (Fsp3) is 0.500. The first-order chi connectivity index (χ1) is 50.9. The lowest BCUT2D eigenvalue weighted by Gasteiger charge is -2.25. The van der Waals surface area contributed by atoms with Crippen LogP contribution in [0.15, 0.2) is 84.9 Å².